The molecule has 1 aromatic rings. The minimum Gasteiger partial charge on any atom is -0.482 e. The van der Waals surface area contributed by atoms with Crippen LogP contribution in [0.2, 0.25) is 0 Å². The van der Waals surface area contributed by atoms with Crippen LogP contribution in [0.1, 0.15) is 19.8 Å². The summed E-state index contributed by atoms with van der Waals surface area (Å²) in [5.74, 6) is 0.362. The summed E-state index contributed by atoms with van der Waals surface area (Å²) in [6.07, 6.45) is 2.02. The van der Waals surface area contributed by atoms with Gasteiger partial charge in [0, 0.05) is 13.2 Å². The molecule has 0 radical (unpaired) electrons. The number of carbonyl (C=O) groups is 1. The van der Waals surface area contributed by atoms with E-state index in [0.717, 1.165) is 19.4 Å². The number of nitrogen functional groups attached to an aromatic ring is 1. The minimum absolute atomic E-state index is 0.0374. The molecule has 3 N–H and O–H groups in total. The van der Waals surface area contributed by atoms with Gasteiger partial charge in [-0.05, 0) is 31.9 Å². The van der Waals surface area contributed by atoms with Gasteiger partial charge in [0.2, 0.25) is 0 Å². The summed E-state index contributed by atoms with van der Waals surface area (Å²) in [4.78, 5) is 11.7. The first-order chi connectivity index (χ1) is 9.09. The predicted molar refractivity (Wildman–Crippen MR) is 73.0 cm³/mol. The minimum atomic E-state index is -0.235. The Morgan fingerprint density at radius 1 is 1.53 bits per heavy atom. The molecule has 1 atom stereocenters. The summed E-state index contributed by atoms with van der Waals surface area (Å²) in [5.41, 5.74) is 6.02. The van der Waals surface area contributed by atoms with E-state index in [4.69, 9.17) is 15.2 Å². The van der Waals surface area contributed by atoms with Crippen molar-refractivity contribution in [2.24, 2.45) is 0 Å². The van der Waals surface area contributed by atoms with Crippen LogP contribution in [0.4, 0.5) is 5.69 Å². The van der Waals surface area contributed by atoms with E-state index in [1.165, 1.54) is 0 Å². The highest BCUT2D eigenvalue weighted by atomic mass is 16.5. The summed E-state index contributed by atoms with van der Waals surface area (Å²) < 4.78 is 11.0. The zero-order valence-electron chi connectivity index (χ0n) is 11.1. The van der Waals surface area contributed by atoms with Gasteiger partial charge in [0.1, 0.15) is 5.75 Å². The van der Waals surface area contributed by atoms with E-state index >= 15 is 0 Å². The van der Waals surface area contributed by atoms with Crippen molar-refractivity contribution < 1.29 is 14.3 Å². The second kappa shape index (κ2) is 5.93. The third kappa shape index (κ3) is 3.86. The van der Waals surface area contributed by atoms with E-state index < -0.39 is 0 Å². The Kier molecular flexibility index (Phi) is 4.27. The molecule has 1 fully saturated rings. The molecule has 0 spiro atoms. The number of para-hydroxylation sites is 2. The first-order valence-electron chi connectivity index (χ1n) is 6.47. The second-order valence-electron chi connectivity index (χ2n) is 5.01. The van der Waals surface area contributed by atoms with Crippen molar-refractivity contribution >= 4 is 11.6 Å². The average Bonchev–Trinajstić information content (AvgIpc) is 2.83. The molecule has 0 bridgehead atoms. The number of hydrogen-bond donors (Lipinski definition) is 2. The van der Waals surface area contributed by atoms with Gasteiger partial charge >= 0.3 is 0 Å². The Morgan fingerprint density at radius 3 is 3.00 bits per heavy atom. The van der Waals surface area contributed by atoms with Gasteiger partial charge in [-0.1, -0.05) is 12.1 Å². The predicted octanol–water partition coefficient (Wildman–Crippen LogP) is 1.33. The Labute approximate surface area is 113 Å². The fourth-order valence-electron chi connectivity index (χ4n) is 2.07. The van der Waals surface area contributed by atoms with Crippen LogP contribution in [-0.2, 0) is 9.53 Å². The van der Waals surface area contributed by atoms with Crippen molar-refractivity contribution in [2.75, 3.05) is 25.5 Å². The number of ether oxygens (including phenoxy) is 2. The van der Waals surface area contributed by atoms with Gasteiger partial charge in [-0.25, -0.2) is 0 Å². The second-order valence-corrected chi connectivity index (χ2v) is 5.01. The Bertz CT molecular complexity index is 442. The monoisotopic (exact) mass is 264 g/mol. The third-order valence-electron chi connectivity index (χ3n) is 3.24. The Hall–Kier alpha value is -1.75. The lowest BCUT2D eigenvalue weighted by Gasteiger charge is -2.23. The molecule has 0 aromatic heterocycles. The first-order valence-corrected chi connectivity index (χ1v) is 6.47. The lowest BCUT2D eigenvalue weighted by Crippen LogP contribution is -2.41. The summed E-state index contributed by atoms with van der Waals surface area (Å²) in [6, 6.07) is 7.11. The van der Waals surface area contributed by atoms with Crippen molar-refractivity contribution in [1.29, 1.82) is 0 Å². The van der Waals surface area contributed by atoms with Crippen LogP contribution in [0.15, 0.2) is 24.3 Å². The van der Waals surface area contributed by atoms with Crippen molar-refractivity contribution in [3.8, 4) is 5.75 Å². The van der Waals surface area contributed by atoms with Crippen LogP contribution in [0, 0.1) is 0 Å². The number of carbonyl (C=O) groups excluding carboxylic acids is 1. The van der Waals surface area contributed by atoms with Crippen LogP contribution in [0.3, 0.4) is 0 Å². The average molecular weight is 264 g/mol. The lowest BCUT2D eigenvalue weighted by atomic mass is 10.0. The highest BCUT2D eigenvalue weighted by Crippen LogP contribution is 2.24. The van der Waals surface area contributed by atoms with Gasteiger partial charge in [0.05, 0.1) is 11.3 Å². The van der Waals surface area contributed by atoms with E-state index in [0.29, 0.717) is 18.0 Å². The summed E-state index contributed by atoms with van der Waals surface area (Å²) in [5, 5.41) is 2.83. The number of rotatable bonds is 5. The van der Waals surface area contributed by atoms with Crippen LogP contribution in [0.25, 0.3) is 0 Å². The Morgan fingerprint density at radius 2 is 2.32 bits per heavy atom. The third-order valence-corrected chi connectivity index (χ3v) is 3.24. The molecule has 5 nitrogen and oxygen atoms in total. The van der Waals surface area contributed by atoms with Crippen LogP contribution in [0.5, 0.6) is 5.75 Å². The number of nitrogens with one attached hydrogen (secondary N) is 1. The number of amides is 1. The maximum absolute atomic E-state index is 11.7. The molecular weight excluding hydrogens is 244 g/mol. The van der Waals surface area contributed by atoms with Crippen molar-refractivity contribution in [3.05, 3.63) is 24.3 Å². The van der Waals surface area contributed by atoms with Gasteiger partial charge < -0.3 is 20.5 Å². The molecule has 1 aliphatic rings. The molecule has 0 saturated carbocycles. The van der Waals surface area contributed by atoms with Gasteiger partial charge in [0.15, 0.2) is 6.61 Å². The van der Waals surface area contributed by atoms with Crippen molar-refractivity contribution in [2.45, 2.75) is 25.4 Å². The standard InChI is InChI=1S/C14H20N2O3/c1-14(7-4-8-19-14)10-16-13(17)9-18-12-6-3-2-5-11(12)15/h2-3,5-6H,4,7-10,15H2,1H3,(H,16,17). The molecule has 104 valence electrons. The molecule has 1 amide bonds. The molecule has 1 aliphatic heterocycles. The molecule has 1 saturated heterocycles. The van der Waals surface area contributed by atoms with E-state index in [-0.39, 0.29) is 18.1 Å². The first kappa shape index (κ1) is 13.7. The number of anilines is 1. The molecule has 1 unspecified atom stereocenters. The van der Waals surface area contributed by atoms with Gasteiger partial charge in [-0.3, -0.25) is 4.79 Å². The van der Waals surface area contributed by atoms with E-state index in [9.17, 15) is 4.79 Å². The quantitative estimate of drug-likeness (QED) is 0.787. The largest absolute Gasteiger partial charge is 0.482 e. The SMILES string of the molecule is CC1(CNC(=O)COc2ccccc2N)CCCO1. The van der Waals surface area contributed by atoms with Gasteiger partial charge in [-0.15, -0.1) is 0 Å². The maximum Gasteiger partial charge on any atom is 0.258 e. The fraction of sp³-hybridized carbons (Fsp3) is 0.500. The normalized spacial score (nSPS) is 22.2. The van der Waals surface area contributed by atoms with Crippen molar-refractivity contribution in [3.63, 3.8) is 0 Å². The Balaban J connectivity index is 1.74. The summed E-state index contributed by atoms with van der Waals surface area (Å²) in [7, 11) is 0. The van der Waals surface area contributed by atoms with E-state index in [2.05, 4.69) is 5.32 Å². The fourth-order valence-corrected chi connectivity index (χ4v) is 2.07. The topological polar surface area (TPSA) is 73.6 Å². The van der Waals surface area contributed by atoms with Crippen LogP contribution >= 0.6 is 0 Å². The number of nitrogens with two attached hydrogens (primary N) is 1. The molecule has 1 aromatic carbocycles. The van der Waals surface area contributed by atoms with Crippen LogP contribution in [-0.4, -0.2) is 31.3 Å². The zero-order chi connectivity index (χ0) is 13.7. The smallest absolute Gasteiger partial charge is 0.258 e. The lowest BCUT2D eigenvalue weighted by molar-refractivity contribution is -0.124. The number of hydrogen-bond acceptors (Lipinski definition) is 4. The molecule has 2 rings (SSSR count). The number of benzene rings is 1. The van der Waals surface area contributed by atoms with E-state index in [1.54, 1.807) is 12.1 Å². The molecular formula is C14H20N2O3. The summed E-state index contributed by atoms with van der Waals surface area (Å²) >= 11 is 0. The molecule has 1 heterocycles. The van der Waals surface area contributed by atoms with Crippen LogP contribution < -0.4 is 15.8 Å². The summed E-state index contributed by atoms with van der Waals surface area (Å²) in [6.45, 7) is 3.25. The highest BCUT2D eigenvalue weighted by Gasteiger charge is 2.29. The molecule has 19 heavy (non-hydrogen) atoms. The molecule has 0 aliphatic carbocycles. The van der Waals surface area contributed by atoms with E-state index in [1.807, 2.05) is 19.1 Å². The maximum atomic E-state index is 11.7. The highest BCUT2D eigenvalue weighted by molar-refractivity contribution is 5.77. The van der Waals surface area contributed by atoms with Gasteiger partial charge in [0.25, 0.3) is 5.91 Å². The molecule has 5 heteroatoms. The van der Waals surface area contributed by atoms with Gasteiger partial charge in [-0.2, -0.15) is 0 Å². The zero-order valence-corrected chi connectivity index (χ0v) is 11.1. The van der Waals surface area contributed by atoms with Crippen molar-refractivity contribution in [1.82, 2.24) is 5.32 Å².